The van der Waals surface area contributed by atoms with Gasteiger partial charge in [0.05, 0.1) is 13.1 Å². The minimum atomic E-state index is 0. The van der Waals surface area contributed by atoms with Crippen molar-refractivity contribution in [3.63, 3.8) is 0 Å². The third-order valence-electron chi connectivity index (χ3n) is 5.06. The zero-order valence-electron chi connectivity index (χ0n) is 18.1. The second-order valence-electron chi connectivity index (χ2n) is 7.39. The fourth-order valence-electron chi connectivity index (χ4n) is 3.46. The van der Waals surface area contributed by atoms with Crippen LogP contribution in [0.3, 0.4) is 0 Å². The molecule has 0 bridgehead atoms. The van der Waals surface area contributed by atoms with Crippen molar-refractivity contribution in [3.05, 3.63) is 75.9 Å². The molecule has 1 heterocycles. The Bertz CT molecular complexity index is 935. The maximum absolute atomic E-state index is 6.17. The quantitative estimate of drug-likeness (QED) is 0.539. The SMILES string of the molecule is CCN(Cc1cc(C)c(OCc2ccccc2C)c(C)c1)Cc1noc(CN)n1.Cl. The van der Waals surface area contributed by atoms with Crippen LogP contribution in [0.2, 0.25) is 0 Å². The molecule has 1 aromatic heterocycles. The molecule has 0 saturated heterocycles. The third-order valence-corrected chi connectivity index (χ3v) is 5.06. The van der Waals surface area contributed by atoms with Crippen LogP contribution in [-0.2, 0) is 26.2 Å². The summed E-state index contributed by atoms with van der Waals surface area (Å²) < 4.78 is 11.3. The number of aromatic nitrogens is 2. The number of halogens is 1. The highest BCUT2D eigenvalue weighted by Gasteiger charge is 2.13. The molecule has 0 aliphatic heterocycles. The lowest BCUT2D eigenvalue weighted by Crippen LogP contribution is -2.23. The molecule has 7 heteroatoms. The van der Waals surface area contributed by atoms with E-state index in [9.17, 15) is 0 Å². The Labute approximate surface area is 184 Å². The highest BCUT2D eigenvalue weighted by atomic mass is 35.5. The zero-order chi connectivity index (χ0) is 20.8. The number of nitrogens with two attached hydrogens (primary N) is 1. The zero-order valence-corrected chi connectivity index (χ0v) is 19.0. The van der Waals surface area contributed by atoms with Crippen molar-refractivity contribution in [2.45, 2.75) is 53.9 Å². The molecule has 0 fully saturated rings. The minimum absolute atomic E-state index is 0. The normalized spacial score (nSPS) is 10.9. The lowest BCUT2D eigenvalue weighted by atomic mass is 10.0. The van der Waals surface area contributed by atoms with Crippen LogP contribution >= 0.6 is 12.4 Å². The van der Waals surface area contributed by atoms with Crippen LogP contribution in [0.1, 0.15) is 46.5 Å². The molecule has 0 aliphatic carbocycles. The van der Waals surface area contributed by atoms with Gasteiger partial charge in [-0.3, -0.25) is 4.90 Å². The second kappa shape index (κ2) is 11.1. The monoisotopic (exact) mass is 430 g/mol. The van der Waals surface area contributed by atoms with E-state index in [2.05, 4.69) is 73.1 Å². The standard InChI is InChI=1S/C23H30N4O2.ClH/c1-5-27(14-21-25-22(12-24)29-26-21)13-19-10-17(3)23(18(4)11-19)28-15-20-9-7-6-8-16(20)2;/h6-11H,5,12-15,24H2,1-4H3;1H. The van der Waals surface area contributed by atoms with E-state index < -0.39 is 0 Å². The summed E-state index contributed by atoms with van der Waals surface area (Å²) in [4.78, 5) is 6.57. The highest BCUT2D eigenvalue weighted by molar-refractivity contribution is 5.85. The van der Waals surface area contributed by atoms with E-state index in [1.165, 1.54) is 16.7 Å². The number of benzene rings is 2. The number of hydrogen-bond donors (Lipinski definition) is 1. The van der Waals surface area contributed by atoms with Crippen molar-refractivity contribution in [1.29, 1.82) is 0 Å². The van der Waals surface area contributed by atoms with Crippen LogP contribution in [0.15, 0.2) is 40.9 Å². The number of ether oxygens (including phenoxy) is 1. The molecule has 0 amide bonds. The first-order valence-electron chi connectivity index (χ1n) is 10.0. The van der Waals surface area contributed by atoms with E-state index in [1.54, 1.807) is 0 Å². The maximum atomic E-state index is 6.17. The van der Waals surface area contributed by atoms with Crippen molar-refractivity contribution >= 4 is 12.4 Å². The molecule has 0 spiro atoms. The van der Waals surface area contributed by atoms with Crippen LogP contribution in [0, 0.1) is 20.8 Å². The molecular formula is C23H31ClN4O2. The Hall–Kier alpha value is -2.41. The number of aryl methyl sites for hydroxylation is 3. The summed E-state index contributed by atoms with van der Waals surface area (Å²) in [6, 6.07) is 12.7. The fourth-order valence-corrected chi connectivity index (χ4v) is 3.46. The average molecular weight is 431 g/mol. The van der Waals surface area contributed by atoms with Gasteiger partial charge in [-0.25, -0.2) is 0 Å². The Morgan fingerprint density at radius 2 is 1.73 bits per heavy atom. The van der Waals surface area contributed by atoms with Crippen LogP contribution in [-0.4, -0.2) is 21.6 Å². The van der Waals surface area contributed by atoms with Crippen molar-refractivity contribution in [1.82, 2.24) is 15.0 Å². The van der Waals surface area contributed by atoms with Crippen LogP contribution < -0.4 is 10.5 Å². The van der Waals surface area contributed by atoms with Gasteiger partial charge in [0.25, 0.3) is 0 Å². The molecule has 0 atom stereocenters. The smallest absolute Gasteiger partial charge is 0.240 e. The summed E-state index contributed by atoms with van der Waals surface area (Å²) in [5, 5.41) is 4.00. The topological polar surface area (TPSA) is 77.4 Å². The van der Waals surface area contributed by atoms with Gasteiger partial charge in [0.2, 0.25) is 5.89 Å². The molecule has 30 heavy (non-hydrogen) atoms. The van der Waals surface area contributed by atoms with Gasteiger partial charge in [-0.15, -0.1) is 12.4 Å². The van der Waals surface area contributed by atoms with Crippen molar-refractivity contribution in [3.8, 4) is 5.75 Å². The Morgan fingerprint density at radius 3 is 2.33 bits per heavy atom. The Morgan fingerprint density at radius 1 is 1.03 bits per heavy atom. The van der Waals surface area contributed by atoms with Crippen LogP contribution in [0.5, 0.6) is 5.75 Å². The van der Waals surface area contributed by atoms with Gasteiger partial charge in [0.1, 0.15) is 12.4 Å². The van der Waals surface area contributed by atoms with Gasteiger partial charge in [-0.1, -0.05) is 48.5 Å². The largest absolute Gasteiger partial charge is 0.488 e. The fraction of sp³-hybridized carbons (Fsp3) is 0.391. The van der Waals surface area contributed by atoms with Gasteiger partial charge >= 0.3 is 0 Å². The molecule has 0 saturated carbocycles. The minimum Gasteiger partial charge on any atom is -0.488 e. The predicted octanol–water partition coefficient (Wildman–Crippen LogP) is 4.48. The van der Waals surface area contributed by atoms with E-state index >= 15 is 0 Å². The van der Waals surface area contributed by atoms with Crippen LogP contribution in [0.4, 0.5) is 0 Å². The van der Waals surface area contributed by atoms with Gasteiger partial charge in [-0.2, -0.15) is 4.98 Å². The molecule has 162 valence electrons. The Balaban J connectivity index is 0.00000320. The summed E-state index contributed by atoms with van der Waals surface area (Å²) in [5.41, 5.74) is 11.5. The number of rotatable bonds is 9. The molecule has 0 unspecified atom stereocenters. The van der Waals surface area contributed by atoms with Crippen molar-refractivity contribution in [2.24, 2.45) is 5.73 Å². The van der Waals surface area contributed by atoms with Gasteiger partial charge in [-0.05, 0) is 55.1 Å². The van der Waals surface area contributed by atoms with Crippen molar-refractivity contribution < 1.29 is 9.26 Å². The summed E-state index contributed by atoms with van der Waals surface area (Å²) in [6.45, 7) is 11.6. The summed E-state index contributed by atoms with van der Waals surface area (Å²) in [7, 11) is 0. The summed E-state index contributed by atoms with van der Waals surface area (Å²) >= 11 is 0. The van der Waals surface area contributed by atoms with Crippen molar-refractivity contribution in [2.75, 3.05) is 6.54 Å². The third kappa shape index (κ3) is 6.05. The first-order valence-corrected chi connectivity index (χ1v) is 10.0. The van der Waals surface area contributed by atoms with E-state index in [4.69, 9.17) is 15.0 Å². The average Bonchev–Trinajstić information content (AvgIpc) is 3.15. The molecule has 2 aromatic carbocycles. The molecule has 3 rings (SSSR count). The van der Waals surface area contributed by atoms with E-state index in [1.807, 2.05) is 6.07 Å². The van der Waals surface area contributed by atoms with Gasteiger partial charge < -0.3 is 15.0 Å². The van der Waals surface area contributed by atoms with Crippen LogP contribution in [0.25, 0.3) is 0 Å². The summed E-state index contributed by atoms with van der Waals surface area (Å²) in [6.07, 6.45) is 0. The lowest BCUT2D eigenvalue weighted by molar-refractivity contribution is 0.258. The van der Waals surface area contributed by atoms with E-state index in [-0.39, 0.29) is 19.0 Å². The van der Waals surface area contributed by atoms with Gasteiger partial charge in [0.15, 0.2) is 5.82 Å². The second-order valence-corrected chi connectivity index (χ2v) is 7.39. The molecular weight excluding hydrogens is 400 g/mol. The molecule has 6 nitrogen and oxygen atoms in total. The Kier molecular flexibility index (Phi) is 8.84. The lowest BCUT2D eigenvalue weighted by Gasteiger charge is -2.20. The molecule has 0 radical (unpaired) electrons. The maximum Gasteiger partial charge on any atom is 0.240 e. The van der Waals surface area contributed by atoms with E-state index in [0.29, 0.717) is 24.9 Å². The van der Waals surface area contributed by atoms with Gasteiger partial charge in [0, 0.05) is 6.54 Å². The molecule has 3 aromatic rings. The first kappa shape index (κ1) is 23.9. The first-order chi connectivity index (χ1) is 14.0. The highest BCUT2D eigenvalue weighted by Crippen LogP contribution is 2.27. The predicted molar refractivity (Wildman–Crippen MR) is 121 cm³/mol. The van der Waals surface area contributed by atoms with E-state index in [0.717, 1.165) is 30.0 Å². The molecule has 0 aliphatic rings. The number of hydrogen-bond acceptors (Lipinski definition) is 6. The molecule has 2 N–H and O–H groups in total. The summed E-state index contributed by atoms with van der Waals surface area (Å²) in [5.74, 6) is 2.10. The number of nitrogens with zero attached hydrogens (tertiary/aromatic N) is 3.